The van der Waals surface area contributed by atoms with Gasteiger partial charge in [0.1, 0.15) is 12.4 Å². The number of thioether (sulfide) groups is 1. The minimum Gasteiger partial charge on any atom is -0.489 e. The highest BCUT2D eigenvalue weighted by Gasteiger charge is 2.24. The number of carboxylic acids is 1. The topological polar surface area (TPSA) is 88.0 Å². The van der Waals surface area contributed by atoms with Gasteiger partial charge in [-0.25, -0.2) is 9.79 Å². The summed E-state index contributed by atoms with van der Waals surface area (Å²) < 4.78 is 5.78. The summed E-state index contributed by atoms with van der Waals surface area (Å²) in [5.74, 6) is -0.685. The minimum absolute atomic E-state index is 0.0691. The van der Waals surface area contributed by atoms with E-state index in [1.165, 1.54) is 6.07 Å². The number of hydrogen-bond donors (Lipinski definition) is 2. The first-order chi connectivity index (χ1) is 15.5. The van der Waals surface area contributed by atoms with Crippen molar-refractivity contribution in [2.24, 2.45) is 4.99 Å². The molecule has 0 radical (unpaired) electrons. The standard InChI is InChI=1S/C24H17ClN2O4S/c25-19-7-3-1-5-16(19)14-31-17-11-9-15(10-12-17)13-21-22(28)27-24(32-21)26-20-8-4-2-6-18(20)23(29)30/h1-13H,14H2,(H,29,30)(H,26,27,28). The van der Waals surface area contributed by atoms with Gasteiger partial charge >= 0.3 is 5.97 Å². The lowest BCUT2D eigenvalue weighted by Crippen LogP contribution is -2.19. The Balaban J connectivity index is 1.44. The Labute approximate surface area is 193 Å². The quantitative estimate of drug-likeness (QED) is 0.470. The lowest BCUT2D eigenvalue weighted by molar-refractivity contribution is -0.115. The molecule has 1 amide bonds. The molecule has 4 rings (SSSR count). The molecule has 32 heavy (non-hydrogen) atoms. The van der Waals surface area contributed by atoms with E-state index in [0.717, 1.165) is 22.9 Å². The number of nitrogens with zero attached hydrogens (tertiary/aromatic N) is 1. The average molecular weight is 465 g/mol. The monoisotopic (exact) mass is 464 g/mol. The van der Waals surface area contributed by atoms with E-state index < -0.39 is 5.97 Å². The van der Waals surface area contributed by atoms with Crippen molar-refractivity contribution in [3.8, 4) is 5.75 Å². The van der Waals surface area contributed by atoms with Crippen LogP contribution in [0.25, 0.3) is 6.08 Å². The number of carbonyl (C=O) groups excluding carboxylic acids is 1. The number of aromatic carboxylic acids is 1. The van der Waals surface area contributed by atoms with E-state index in [1.807, 2.05) is 48.5 Å². The third-order valence-electron chi connectivity index (χ3n) is 4.54. The van der Waals surface area contributed by atoms with Crippen molar-refractivity contribution in [1.82, 2.24) is 5.32 Å². The summed E-state index contributed by atoms with van der Waals surface area (Å²) >= 11 is 7.30. The molecule has 0 saturated carbocycles. The van der Waals surface area contributed by atoms with Crippen molar-refractivity contribution < 1.29 is 19.4 Å². The molecule has 1 aliphatic rings. The summed E-state index contributed by atoms with van der Waals surface area (Å²) in [4.78, 5) is 28.4. The molecule has 1 aliphatic heterocycles. The van der Waals surface area contributed by atoms with E-state index in [1.54, 1.807) is 24.3 Å². The van der Waals surface area contributed by atoms with E-state index in [-0.39, 0.29) is 17.2 Å². The number of benzene rings is 3. The third-order valence-corrected chi connectivity index (χ3v) is 5.82. The zero-order valence-electron chi connectivity index (χ0n) is 16.6. The van der Waals surface area contributed by atoms with Gasteiger partial charge in [0.05, 0.1) is 16.2 Å². The summed E-state index contributed by atoms with van der Waals surface area (Å²) in [6.45, 7) is 0.357. The molecule has 2 N–H and O–H groups in total. The number of hydrogen-bond acceptors (Lipinski definition) is 5. The summed E-state index contributed by atoms with van der Waals surface area (Å²) in [6.07, 6.45) is 1.74. The Morgan fingerprint density at radius 2 is 1.78 bits per heavy atom. The molecule has 0 aliphatic carbocycles. The lowest BCUT2D eigenvalue weighted by atomic mass is 10.2. The molecule has 1 saturated heterocycles. The van der Waals surface area contributed by atoms with E-state index in [0.29, 0.717) is 27.5 Å². The van der Waals surface area contributed by atoms with Crippen molar-refractivity contribution in [2.75, 3.05) is 0 Å². The first kappa shape index (κ1) is 21.7. The number of carbonyl (C=O) groups is 2. The fourth-order valence-electron chi connectivity index (χ4n) is 2.93. The van der Waals surface area contributed by atoms with Crippen LogP contribution >= 0.6 is 23.4 Å². The molecule has 3 aromatic carbocycles. The number of halogens is 1. The van der Waals surface area contributed by atoms with Crippen LogP contribution in [-0.4, -0.2) is 22.2 Å². The molecule has 0 atom stereocenters. The Hall–Kier alpha value is -3.55. The van der Waals surface area contributed by atoms with Crippen LogP contribution in [0.2, 0.25) is 5.02 Å². The Kier molecular flexibility index (Phi) is 6.58. The zero-order valence-corrected chi connectivity index (χ0v) is 18.2. The van der Waals surface area contributed by atoms with Crippen molar-refractivity contribution in [3.63, 3.8) is 0 Å². The van der Waals surface area contributed by atoms with Crippen LogP contribution in [0.1, 0.15) is 21.5 Å². The van der Waals surface area contributed by atoms with Crippen LogP contribution in [0.5, 0.6) is 5.75 Å². The second-order valence-electron chi connectivity index (χ2n) is 6.75. The summed E-state index contributed by atoms with van der Waals surface area (Å²) in [6, 6.07) is 21.2. The van der Waals surface area contributed by atoms with E-state index in [4.69, 9.17) is 16.3 Å². The molecule has 8 heteroatoms. The average Bonchev–Trinajstić information content (AvgIpc) is 3.13. The van der Waals surface area contributed by atoms with Crippen LogP contribution in [0.3, 0.4) is 0 Å². The second kappa shape index (κ2) is 9.72. The zero-order chi connectivity index (χ0) is 22.5. The van der Waals surface area contributed by atoms with Gasteiger partial charge < -0.3 is 15.2 Å². The lowest BCUT2D eigenvalue weighted by Gasteiger charge is -2.08. The number of aliphatic imine (C=N–C) groups is 1. The maximum absolute atomic E-state index is 12.3. The van der Waals surface area contributed by atoms with E-state index in [2.05, 4.69) is 10.3 Å². The van der Waals surface area contributed by atoms with Gasteiger partial charge in [-0.1, -0.05) is 54.1 Å². The number of nitrogens with one attached hydrogen (secondary N) is 1. The van der Waals surface area contributed by atoms with Gasteiger partial charge in [0.2, 0.25) is 0 Å². The minimum atomic E-state index is -1.08. The predicted molar refractivity (Wildman–Crippen MR) is 126 cm³/mol. The highest BCUT2D eigenvalue weighted by molar-refractivity contribution is 8.18. The van der Waals surface area contributed by atoms with Gasteiger partial charge in [0.25, 0.3) is 5.91 Å². The van der Waals surface area contributed by atoms with Crippen molar-refractivity contribution in [1.29, 1.82) is 0 Å². The number of amides is 1. The Morgan fingerprint density at radius 3 is 2.53 bits per heavy atom. The third kappa shape index (κ3) is 5.19. The predicted octanol–water partition coefficient (Wildman–Crippen LogP) is 5.51. The van der Waals surface area contributed by atoms with Gasteiger partial charge in [-0.2, -0.15) is 0 Å². The van der Waals surface area contributed by atoms with Gasteiger partial charge in [0.15, 0.2) is 5.17 Å². The van der Waals surface area contributed by atoms with E-state index >= 15 is 0 Å². The normalized spacial score (nSPS) is 15.7. The smallest absolute Gasteiger partial charge is 0.337 e. The van der Waals surface area contributed by atoms with Gasteiger partial charge in [0, 0.05) is 10.6 Å². The molecular formula is C24H17ClN2O4S. The van der Waals surface area contributed by atoms with Crippen LogP contribution < -0.4 is 10.1 Å². The van der Waals surface area contributed by atoms with Crippen LogP contribution in [0.4, 0.5) is 5.69 Å². The van der Waals surface area contributed by atoms with Crippen LogP contribution in [0.15, 0.2) is 82.7 Å². The molecular weight excluding hydrogens is 448 g/mol. The molecule has 6 nitrogen and oxygen atoms in total. The molecule has 0 bridgehead atoms. The second-order valence-corrected chi connectivity index (χ2v) is 8.19. The van der Waals surface area contributed by atoms with Crippen molar-refractivity contribution in [3.05, 3.63) is 99.4 Å². The molecule has 1 fully saturated rings. The maximum atomic E-state index is 12.3. The fourth-order valence-corrected chi connectivity index (χ4v) is 3.96. The van der Waals surface area contributed by atoms with Gasteiger partial charge in [-0.05, 0) is 53.7 Å². The number of carboxylic acid groups (broad SMARTS) is 1. The number of para-hydroxylation sites is 1. The van der Waals surface area contributed by atoms with Crippen molar-refractivity contribution in [2.45, 2.75) is 6.61 Å². The van der Waals surface area contributed by atoms with Crippen molar-refractivity contribution >= 4 is 52.2 Å². The highest BCUT2D eigenvalue weighted by atomic mass is 35.5. The molecule has 1 heterocycles. The SMILES string of the molecule is O=C1NC(=Nc2ccccc2C(=O)O)SC1=Cc1ccc(OCc2ccccc2Cl)cc1. The number of rotatable bonds is 6. The maximum Gasteiger partial charge on any atom is 0.337 e. The summed E-state index contributed by atoms with van der Waals surface area (Å²) in [5.41, 5.74) is 2.07. The van der Waals surface area contributed by atoms with Gasteiger partial charge in [-0.15, -0.1) is 0 Å². The molecule has 0 aromatic heterocycles. The van der Waals surface area contributed by atoms with Crippen LogP contribution in [-0.2, 0) is 11.4 Å². The number of ether oxygens (including phenoxy) is 1. The molecule has 160 valence electrons. The number of amidine groups is 1. The largest absolute Gasteiger partial charge is 0.489 e. The fraction of sp³-hybridized carbons (Fsp3) is 0.0417. The summed E-state index contributed by atoms with van der Waals surface area (Å²) in [5, 5.41) is 12.9. The first-order valence-corrected chi connectivity index (χ1v) is 10.8. The molecule has 3 aromatic rings. The Morgan fingerprint density at radius 1 is 1.06 bits per heavy atom. The van der Waals surface area contributed by atoms with Crippen LogP contribution in [0, 0.1) is 0 Å². The summed E-state index contributed by atoms with van der Waals surface area (Å²) in [7, 11) is 0. The first-order valence-electron chi connectivity index (χ1n) is 9.58. The highest BCUT2D eigenvalue weighted by Crippen LogP contribution is 2.29. The molecule has 0 unspecified atom stereocenters. The van der Waals surface area contributed by atoms with E-state index in [9.17, 15) is 14.7 Å². The van der Waals surface area contributed by atoms with Gasteiger partial charge in [-0.3, -0.25) is 4.79 Å². The molecule has 0 spiro atoms. The Bertz CT molecular complexity index is 1240.